The van der Waals surface area contributed by atoms with Crippen molar-refractivity contribution in [3.05, 3.63) is 22.4 Å². The maximum atomic E-state index is 9.80. The van der Waals surface area contributed by atoms with Crippen molar-refractivity contribution in [3.8, 4) is 6.07 Å². The van der Waals surface area contributed by atoms with Gasteiger partial charge in [-0.15, -0.1) is 0 Å². The van der Waals surface area contributed by atoms with E-state index in [-0.39, 0.29) is 5.60 Å². The number of hydrogen-bond acceptors (Lipinski definition) is 3. The summed E-state index contributed by atoms with van der Waals surface area (Å²) in [6.45, 7) is 11.3. The third-order valence-corrected chi connectivity index (χ3v) is 4.80. The van der Waals surface area contributed by atoms with Crippen LogP contribution in [0.5, 0.6) is 0 Å². The Morgan fingerprint density at radius 1 is 1.23 bits per heavy atom. The van der Waals surface area contributed by atoms with Crippen LogP contribution in [0.4, 0.5) is 5.82 Å². The van der Waals surface area contributed by atoms with Gasteiger partial charge in [0.2, 0.25) is 0 Å². The molecule has 1 fully saturated rings. The quantitative estimate of drug-likeness (QED) is 0.844. The fourth-order valence-corrected chi connectivity index (χ4v) is 3.62. The molecule has 1 aromatic rings. The Bertz CT molecular complexity index is 622. The normalized spacial score (nSPS) is 20.1. The van der Waals surface area contributed by atoms with Crippen molar-refractivity contribution in [1.82, 2.24) is 0 Å². The van der Waals surface area contributed by atoms with E-state index >= 15 is 0 Å². The molecule has 0 aromatic carbocycles. The van der Waals surface area contributed by atoms with Gasteiger partial charge < -0.3 is 4.74 Å². The number of pyridine rings is 1. The Kier molecular flexibility index (Phi) is 3.86. The largest absolute Gasteiger partial charge is 0.370 e. The molecule has 0 aliphatic carbocycles. The van der Waals surface area contributed by atoms with Gasteiger partial charge in [-0.2, -0.15) is 5.26 Å². The van der Waals surface area contributed by atoms with Gasteiger partial charge in [0.05, 0.1) is 25.3 Å². The second kappa shape index (κ2) is 5.55. The van der Waals surface area contributed by atoms with E-state index in [9.17, 15) is 5.26 Å². The zero-order valence-electron chi connectivity index (χ0n) is 14.1. The second-order valence-corrected chi connectivity index (χ2v) is 7.41. The van der Waals surface area contributed by atoms with Crippen LogP contribution in [-0.4, -0.2) is 18.7 Å². The smallest absolute Gasteiger partial charge is 0.293 e. The molecule has 0 bridgehead atoms. The Balaban J connectivity index is 2.20. The van der Waals surface area contributed by atoms with E-state index in [0.717, 1.165) is 30.9 Å². The molecular formula is C18H26N3O+. The molecule has 2 aliphatic rings. The predicted octanol–water partition coefficient (Wildman–Crippen LogP) is 2.95. The highest BCUT2D eigenvalue weighted by Crippen LogP contribution is 2.36. The lowest BCUT2D eigenvalue weighted by Crippen LogP contribution is -2.38. The van der Waals surface area contributed by atoms with Crippen LogP contribution < -0.4 is 9.88 Å². The molecule has 2 aliphatic heterocycles. The number of H-pyrrole nitrogens is 1. The number of fused-ring (bicyclic) bond motifs is 1. The average molecular weight is 300 g/mol. The molecule has 0 radical (unpaired) electrons. The average Bonchev–Trinajstić information content (AvgIpc) is 2.98. The zero-order valence-corrected chi connectivity index (χ0v) is 14.1. The summed E-state index contributed by atoms with van der Waals surface area (Å²) in [5.41, 5.74) is 4.26. The van der Waals surface area contributed by atoms with Gasteiger partial charge >= 0.3 is 0 Å². The molecule has 0 amide bonds. The van der Waals surface area contributed by atoms with Gasteiger partial charge in [0.15, 0.2) is 0 Å². The van der Waals surface area contributed by atoms with Gasteiger partial charge in [-0.05, 0) is 32.3 Å². The summed E-state index contributed by atoms with van der Waals surface area (Å²) in [6.07, 6.45) is 3.23. The maximum absolute atomic E-state index is 9.80. The first-order chi connectivity index (χ1) is 10.4. The van der Waals surface area contributed by atoms with Crippen molar-refractivity contribution >= 4 is 5.82 Å². The van der Waals surface area contributed by atoms with Gasteiger partial charge in [-0.3, -0.25) is 4.90 Å². The summed E-state index contributed by atoms with van der Waals surface area (Å²) in [6, 6.07) is 2.48. The third kappa shape index (κ3) is 2.59. The number of aromatic nitrogens is 1. The molecule has 0 atom stereocenters. The molecule has 0 spiro atoms. The fourth-order valence-electron chi connectivity index (χ4n) is 3.62. The predicted molar refractivity (Wildman–Crippen MR) is 85.8 cm³/mol. The number of rotatable bonds is 2. The van der Waals surface area contributed by atoms with Crippen LogP contribution in [-0.2, 0) is 17.8 Å². The Morgan fingerprint density at radius 2 is 1.91 bits per heavy atom. The van der Waals surface area contributed by atoms with Crippen molar-refractivity contribution in [2.75, 3.05) is 18.0 Å². The summed E-state index contributed by atoms with van der Waals surface area (Å²) in [7, 11) is 0. The van der Waals surface area contributed by atoms with E-state index in [1.165, 1.54) is 29.7 Å². The minimum absolute atomic E-state index is 0.198. The van der Waals surface area contributed by atoms with Gasteiger partial charge in [0.25, 0.3) is 5.82 Å². The summed E-state index contributed by atoms with van der Waals surface area (Å²) < 4.78 is 6.00. The first-order valence-corrected chi connectivity index (χ1v) is 8.33. The number of aromatic amines is 1. The lowest BCUT2D eigenvalue weighted by molar-refractivity contribution is -0.380. The molecule has 3 rings (SSSR count). The molecule has 22 heavy (non-hydrogen) atoms. The summed E-state index contributed by atoms with van der Waals surface area (Å²) in [5, 5.41) is 9.80. The number of ether oxygens (including phenoxy) is 1. The lowest BCUT2D eigenvalue weighted by Gasteiger charge is -2.33. The first-order valence-electron chi connectivity index (χ1n) is 8.33. The minimum Gasteiger partial charge on any atom is -0.370 e. The van der Waals surface area contributed by atoms with Gasteiger partial charge in [-0.25, -0.2) is 4.98 Å². The highest BCUT2D eigenvalue weighted by molar-refractivity contribution is 5.58. The minimum atomic E-state index is -0.198. The van der Waals surface area contributed by atoms with E-state index in [1.54, 1.807) is 0 Å². The van der Waals surface area contributed by atoms with Crippen molar-refractivity contribution < 1.29 is 9.72 Å². The molecule has 3 heterocycles. The Morgan fingerprint density at radius 3 is 2.50 bits per heavy atom. The molecule has 0 saturated carbocycles. The van der Waals surface area contributed by atoms with E-state index in [1.807, 2.05) is 0 Å². The van der Waals surface area contributed by atoms with Crippen LogP contribution in [0.1, 0.15) is 68.8 Å². The van der Waals surface area contributed by atoms with Crippen LogP contribution >= 0.6 is 0 Å². The fraction of sp³-hybridized carbons (Fsp3) is 0.667. The maximum Gasteiger partial charge on any atom is 0.293 e. The summed E-state index contributed by atoms with van der Waals surface area (Å²) in [5.74, 6) is 1.42. The summed E-state index contributed by atoms with van der Waals surface area (Å²) in [4.78, 5) is 5.92. The topological polar surface area (TPSA) is 50.4 Å². The summed E-state index contributed by atoms with van der Waals surface area (Å²) >= 11 is 0. The number of nitriles is 1. The van der Waals surface area contributed by atoms with E-state index in [4.69, 9.17) is 4.74 Å². The number of hydrogen-bond donors (Lipinski definition) is 0. The van der Waals surface area contributed by atoms with E-state index in [2.05, 4.69) is 43.6 Å². The van der Waals surface area contributed by atoms with Crippen molar-refractivity contribution in [1.29, 1.82) is 5.26 Å². The van der Waals surface area contributed by atoms with Crippen LogP contribution in [0.25, 0.3) is 0 Å². The zero-order chi connectivity index (χ0) is 15.9. The highest BCUT2D eigenvalue weighted by atomic mass is 16.5. The van der Waals surface area contributed by atoms with Gasteiger partial charge in [0, 0.05) is 17.9 Å². The first kappa shape index (κ1) is 15.3. The van der Waals surface area contributed by atoms with E-state index < -0.39 is 0 Å². The number of anilines is 1. The SMILES string of the molecule is CC(C)c1[nH+]c(N2CCCC2)c(C#N)c2c1COC(C)(C)C2. The molecule has 1 N–H and O–H groups in total. The van der Waals surface area contributed by atoms with Crippen molar-refractivity contribution in [2.45, 2.75) is 65.1 Å². The molecule has 118 valence electrons. The van der Waals surface area contributed by atoms with E-state index in [0.29, 0.717) is 12.5 Å². The van der Waals surface area contributed by atoms with Crippen LogP contribution in [0.15, 0.2) is 0 Å². The molecule has 1 aromatic heterocycles. The van der Waals surface area contributed by atoms with Crippen LogP contribution in [0, 0.1) is 11.3 Å². The number of nitrogens with zero attached hydrogens (tertiary/aromatic N) is 2. The monoisotopic (exact) mass is 300 g/mol. The van der Waals surface area contributed by atoms with Gasteiger partial charge in [0.1, 0.15) is 17.3 Å². The Hall–Kier alpha value is -1.60. The molecule has 4 heteroatoms. The van der Waals surface area contributed by atoms with Gasteiger partial charge in [-0.1, -0.05) is 13.8 Å². The molecular weight excluding hydrogens is 274 g/mol. The molecule has 0 unspecified atom stereocenters. The molecule has 1 saturated heterocycles. The van der Waals surface area contributed by atoms with Crippen LogP contribution in [0.3, 0.4) is 0 Å². The Labute approximate surface area is 133 Å². The number of nitrogens with one attached hydrogen (secondary N) is 1. The third-order valence-electron chi connectivity index (χ3n) is 4.80. The second-order valence-electron chi connectivity index (χ2n) is 7.41. The van der Waals surface area contributed by atoms with Crippen molar-refractivity contribution in [3.63, 3.8) is 0 Å². The standard InChI is InChI=1S/C18H25N3O/c1-12(2)16-15-11-22-18(3,4)9-13(15)14(10-19)17(20-16)21-7-5-6-8-21/h12H,5-9,11H2,1-4H3/p+1. The van der Waals surface area contributed by atoms with Crippen molar-refractivity contribution in [2.24, 2.45) is 0 Å². The lowest BCUT2D eigenvalue weighted by atomic mass is 9.86. The van der Waals surface area contributed by atoms with Crippen LogP contribution in [0.2, 0.25) is 0 Å². The molecule has 4 nitrogen and oxygen atoms in total. The highest BCUT2D eigenvalue weighted by Gasteiger charge is 2.36.